The highest BCUT2D eigenvalue weighted by Crippen LogP contribution is 2.28. The van der Waals surface area contributed by atoms with Crippen molar-refractivity contribution >= 4 is 40.1 Å². The molecule has 1 saturated heterocycles. The molecule has 2 amide bonds. The van der Waals surface area contributed by atoms with Crippen LogP contribution < -0.4 is 10.2 Å². The number of halogens is 1. The molecule has 4 heterocycles. The van der Waals surface area contributed by atoms with Crippen LogP contribution in [0.1, 0.15) is 43.2 Å². The van der Waals surface area contributed by atoms with Crippen molar-refractivity contribution in [2.24, 2.45) is 0 Å². The van der Waals surface area contributed by atoms with Crippen molar-refractivity contribution in [3.05, 3.63) is 60.1 Å². The fourth-order valence-corrected chi connectivity index (χ4v) is 4.59. The molecule has 0 bridgehead atoms. The average Bonchev–Trinajstić information content (AvgIpc) is 3.07. The van der Waals surface area contributed by atoms with Gasteiger partial charge in [-0.1, -0.05) is 0 Å². The van der Waals surface area contributed by atoms with Crippen molar-refractivity contribution < 1.29 is 18.7 Å². The molecule has 4 aromatic rings. The topological polar surface area (TPSA) is 105 Å². The van der Waals surface area contributed by atoms with Crippen LogP contribution in [0.5, 0.6) is 0 Å². The number of carbonyl (C=O) groups is 2. The van der Waals surface area contributed by atoms with Crippen LogP contribution >= 0.6 is 0 Å². The second kappa shape index (κ2) is 9.88. The Hall–Kier alpha value is -4.28. The molecule has 0 unspecified atom stereocenters. The smallest absolute Gasteiger partial charge is 0.410 e. The minimum atomic E-state index is -0.555. The van der Waals surface area contributed by atoms with E-state index in [1.165, 1.54) is 12.3 Å². The highest BCUT2D eigenvalue weighted by molar-refractivity contribution is 6.13. The maximum atomic E-state index is 14.5. The van der Waals surface area contributed by atoms with Crippen molar-refractivity contribution in [1.82, 2.24) is 24.3 Å². The molecule has 10 nitrogen and oxygen atoms in total. The number of nitrogens with one attached hydrogen (secondary N) is 1. The molecule has 0 aliphatic carbocycles. The number of pyridine rings is 1. The summed E-state index contributed by atoms with van der Waals surface area (Å²) in [6.45, 7) is 9.71. The quantitative estimate of drug-likeness (QED) is 0.427. The van der Waals surface area contributed by atoms with Crippen molar-refractivity contribution in [3.8, 4) is 0 Å². The van der Waals surface area contributed by atoms with Gasteiger partial charge in [0, 0.05) is 57.0 Å². The van der Waals surface area contributed by atoms with Gasteiger partial charge in [0.25, 0.3) is 5.91 Å². The molecular formula is C27H30FN7O3. The molecule has 1 aromatic carbocycles. The van der Waals surface area contributed by atoms with E-state index in [-0.39, 0.29) is 11.7 Å². The number of ether oxygens (including phenoxy) is 1. The standard InChI is InChI=1S/C27H30FN7O3/c1-17-15-35-16-18(14-20(28)24(35)31-17)32-25(36)19-6-7-21(23-22(19)29-8-9-30-23)33-10-5-11-34(13-12-33)26(37)38-27(2,3)4/h6-9,14-16H,5,10-13H2,1-4H3,(H,32,36). The number of imidazole rings is 1. The van der Waals surface area contributed by atoms with E-state index in [9.17, 15) is 14.0 Å². The molecule has 1 aliphatic rings. The first-order valence-electron chi connectivity index (χ1n) is 12.5. The number of carbonyl (C=O) groups excluding carboxylic acids is 2. The molecule has 1 aliphatic heterocycles. The van der Waals surface area contributed by atoms with E-state index in [1.54, 1.807) is 40.9 Å². The van der Waals surface area contributed by atoms with Crippen LogP contribution in [0.4, 0.5) is 20.6 Å². The summed E-state index contributed by atoms with van der Waals surface area (Å²) in [4.78, 5) is 42.8. The zero-order valence-electron chi connectivity index (χ0n) is 21.9. The van der Waals surface area contributed by atoms with Crippen molar-refractivity contribution in [2.45, 2.75) is 39.7 Å². The average molecular weight is 520 g/mol. The predicted octanol–water partition coefficient (Wildman–Crippen LogP) is 4.42. The lowest BCUT2D eigenvalue weighted by atomic mass is 10.1. The third kappa shape index (κ3) is 5.22. The van der Waals surface area contributed by atoms with Crippen LogP contribution in [0, 0.1) is 12.7 Å². The van der Waals surface area contributed by atoms with Crippen LogP contribution in [0.25, 0.3) is 16.7 Å². The number of rotatable bonds is 3. The summed E-state index contributed by atoms with van der Waals surface area (Å²) < 4.78 is 21.6. The van der Waals surface area contributed by atoms with E-state index < -0.39 is 17.3 Å². The van der Waals surface area contributed by atoms with Gasteiger partial charge in [0.2, 0.25) is 0 Å². The first-order chi connectivity index (χ1) is 18.1. The van der Waals surface area contributed by atoms with Gasteiger partial charge in [-0.25, -0.2) is 14.2 Å². The van der Waals surface area contributed by atoms with E-state index >= 15 is 0 Å². The number of aryl methyl sites for hydroxylation is 1. The molecular weight excluding hydrogens is 489 g/mol. The highest BCUT2D eigenvalue weighted by atomic mass is 19.1. The minimum absolute atomic E-state index is 0.198. The number of anilines is 2. The largest absolute Gasteiger partial charge is 0.444 e. The Morgan fingerprint density at radius 1 is 1.03 bits per heavy atom. The lowest BCUT2D eigenvalue weighted by molar-refractivity contribution is 0.0263. The Morgan fingerprint density at radius 2 is 1.79 bits per heavy atom. The Kier molecular flexibility index (Phi) is 6.60. The normalized spacial score (nSPS) is 14.6. The van der Waals surface area contributed by atoms with Gasteiger partial charge in [-0.2, -0.15) is 0 Å². The van der Waals surface area contributed by atoms with Gasteiger partial charge in [-0.05, 0) is 46.2 Å². The molecule has 0 spiro atoms. The number of benzene rings is 1. The van der Waals surface area contributed by atoms with Crippen LogP contribution in [0.3, 0.4) is 0 Å². The summed E-state index contributed by atoms with van der Waals surface area (Å²) >= 11 is 0. The SMILES string of the molecule is Cc1cn2cc(NC(=O)c3ccc(N4CCCN(C(=O)OC(C)(C)C)CC4)c4nccnc34)cc(F)c2n1. The van der Waals surface area contributed by atoms with Crippen LogP contribution in [-0.4, -0.2) is 68.0 Å². The Bertz CT molecular complexity index is 1530. The summed E-state index contributed by atoms with van der Waals surface area (Å²) in [5.41, 5.74) is 2.79. The van der Waals surface area contributed by atoms with E-state index in [0.29, 0.717) is 54.2 Å². The molecule has 198 valence electrons. The summed E-state index contributed by atoms with van der Waals surface area (Å²) in [5.74, 6) is -0.956. The lowest BCUT2D eigenvalue weighted by Gasteiger charge is -2.27. The van der Waals surface area contributed by atoms with Gasteiger partial charge < -0.3 is 24.3 Å². The van der Waals surface area contributed by atoms with Gasteiger partial charge in [-0.15, -0.1) is 0 Å². The van der Waals surface area contributed by atoms with E-state index in [0.717, 1.165) is 12.1 Å². The third-order valence-electron chi connectivity index (χ3n) is 6.22. The zero-order chi connectivity index (χ0) is 27.0. The van der Waals surface area contributed by atoms with Crippen molar-refractivity contribution in [3.63, 3.8) is 0 Å². The van der Waals surface area contributed by atoms with E-state index in [1.807, 2.05) is 26.8 Å². The zero-order valence-corrected chi connectivity index (χ0v) is 21.9. The number of amides is 2. The molecule has 38 heavy (non-hydrogen) atoms. The molecule has 1 fully saturated rings. The Morgan fingerprint density at radius 3 is 2.55 bits per heavy atom. The van der Waals surface area contributed by atoms with Gasteiger partial charge in [0.05, 0.1) is 22.6 Å². The summed E-state index contributed by atoms with van der Waals surface area (Å²) in [5, 5.41) is 2.77. The molecule has 0 radical (unpaired) electrons. The molecule has 0 atom stereocenters. The fourth-order valence-electron chi connectivity index (χ4n) is 4.59. The summed E-state index contributed by atoms with van der Waals surface area (Å²) in [7, 11) is 0. The Labute approximate surface area is 219 Å². The summed E-state index contributed by atoms with van der Waals surface area (Å²) in [6.07, 6.45) is 6.86. The second-order valence-corrected chi connectivity index (χ2v) is 10.3. The molecule has 0 saturated carbocycles. The van der Waals surface area contributed by atoms with Crippen LogP contribution in [0.2, 0.25) is 0 Å². The maximum absolute atomic E-state index is 14.5. The first-order valence-corrected chi connectivity index (χ1v) is 12.5. The first kappa shape index (κ1) is 25.4. The third-order valence-corrected chi connectivity index (χ3v) is 6.22. The number of aromatic nitrogens is 4. The fraction of sp³-hybridized carbons (Fsp3) is 0.370. The monoisotopic (exact) mass is 519 g/mol. The van der Waals surface area contributed by atoms with Gasteiger partial charge >= 0.3 is 6.09 Å². The second-order valence-electron chi connectivity index (χ2n) is 10.3. The summed E-state index contributed by atoms with van der Waals surface area (Å²) in [6, 6.07) is 4.79. The van der Waals surface area contributed by atoms with Gasteiger partial charge in [0.15, 0.2) is 11.5 Å². The van der Waals surface area contributed by atoms with Gasteiger partial charge in [0.1, 0.15) is 16.6 Å². The number of hydrogen-bond donors (Lipinski definition) is 1. The predicted molar refractivity (Wildman–Crippen MR) is 142 cm³/mol. The number of hydrogen-bond acceptors (Lipinski definition) is 7. The highest BCUT2D eigenvalue weighted by Gasteiger charge is 2.26. The van der Waals surface area contributed by atoms with Crippen LogP contribution in [-0.2, 0) is 4.74 Å². The lowest BCUT2D eigenvalue weighted by Crippen LogP contribution is -2.39. The Balaban J connectivity index is 1.39. The number of nitrogens with zero attached hydrogens (tertiary/aromatic N) is 6. The van der Waals surface area contributed by atoms with Crippen LogP contribution in [0.15, 0.2) is 43.0 Å². The minimum Gasteiger partial charge on any atom is -0.444 e. The van der Waals surface area contributed by atoms with E-state index in [4.69, 9.17) is 4.74 Å². The van der Waals surface area contributed by atoms with E-state index in [2.05, 4.69) is 25.2 Å². The maximum Gasteiger partial charge on any atom is 0.410 e. The molecule has 3 aromatic heterocycles. The van der Waals surface area contributed by atoms with Gasteiger partial charge in [-0.3, -0.25) is 14.8 Å². The number of fused-ring (bicyclic) bond motifs is 2. The van der Waals surface area contributed by atoms with Crippen molar-refractivity contribution in [1.29, 1.82) is 0 Å². The molecule has 11 heteroatoms. The molecule has 5 rings (SSSR count). The van der Waals surface area contributed by atoms with Crippen molar-refractivity contribution in [2.75, 3.05) is 36.4 Å². The molecule has 1 N–H and O–H groups in total.